The molecule has 0 radical (unpaired) electrons. The summed E-state index contributed by atoms with van der Waals surface area (Å²) in [5.74, 6) is -1.05. The fraction of sp³-hybridized carbons (Fsp3) is 0.750. The van der Waals surface area contributed by atoms with Crippen molar-refractivity contribution >= 4 is 17.9 Å². The third-order valence-electron chi connectivity index (χ3n) is 3.78. The second-order valence-electron chi connectivity index (χ2n) is 5.03. The van der Waals surface area contributed by atoms with E-state index < -0.39 is 12.0 Å². The number of carboxylic acid groups (broad SMARTS) is 1. The van der Waals surface area contributed by atoms with E-state index >= 15 is 0 Å². The zero-order valence-corrected chi connectivity index (χ0v) is 11.0. The molecule has 0 aromatic heterocycles. The van der Waals surface area contributed by atoms with E-state index in [4.69, 9.17) is 5.11 Å². The van der Waals surface area contributed by atoms with Crippen LogP contribution in [0.25, 0.3) is 0 Å². The van der Waals surface area contributed by atoms with Gasteiger partial charge < -0.3 is 20.2 Å². The van der Waals surface area contributed by atoms with Crippen LogP contribution in [0.1, 0.15) is 26.2 Å². The van der Waals surface area contributed by atoms with Gasteiger partial charge in [0.2, 0.25) is 5.91 Å². The molecule has 0 aliphatic carbocycles. The Bertz CT molecular complexity index is 398. The van der Waals surface area contributed by atoms with Crippen molar-refractivity contribution in [1.82, 2.24) is 15.1 Å². The quantitative estimate of drug-likeness (QED) is 0.730. The average molecular weight is 269 g/mol. The lowest BCUT2D eigenvalue weighted by Crippen LogP contribution is -2.59. The number of carbonyl (C=O) groups is 3. The molecule has 2 aliphatic heterocycles. The number of carboxylic acids is 1. The minimum absolute atomic E-state index is 0.0276. The molecule has 2 saturated heterocycles. The van der Waals surface area contributed by atoms with Crippen LogP contribution in [0.4, 0.5) is 4.79 Å². The van der Waals surface area contributed by atoms with Crippen LogP contribution in [-0.2, 0) is 9.59 Å². The minimum Gasteiger partial charge on any atom is -0.481 e. The Hall–Kier alpha value is -1.79. The van der Waals surface area contributed by atoms with Gasteiger partial charge in [0.15, 0.2) is 0 Å². The van der Waals surface area contributed by atoms with E-state index in [1.54, 1.807) is 11.8 Å². The van der Waals surface area contributed by atoms with Crippen molar-refractivity contribution in [3.05, 3.63) is 0 Å². The first kappa shape index (κ1) is 13.6. The Kier molecular flexibility index (Phi) is 3.92. The second kappa shape index (κ2) is 5.46. The largest absolute Gasteiger partial charge is 0.481 e. The number of nitrogens with zero attached hydrogens (tertiary/aromatic N) is 2. The van der Waals surface area contributed by atoms with Gasteiger partial charge in [0.05, 0.1) is 6.42 Å². The molecule has 0 aromatic carbocycles. The molecule has 2 N–H and O–H groups in total. The Morgan fingerprint density at radius 1 is 1.37 bits per heavy atom. The van der Waals surface area contributed by atoms with Gasteiger partial charge >= 0.3 is 12.0 Å². The van der Waals surface area contributed by atoms with Crippen LogP contribution in [0.5, 0.6) is 0 Å². The molecule has 106 valence electrons. The van der Waals surface area contributed by atoms with E-state index in [0.717, 1.165) is 6.42 Å². The van der Waals surface area contributed by atoms with Crippen molar-refractivity contribution in [2.45, 2.75) is 38.3 Å². The van der Waals surface area contributed by atoms with Crippen molar-refractivity contribution < 1.29 is 19.5 Å². The number of rotatable bonds is 2. The Morgan fingerprint density at radius 3 is 2.79 bits per heavy atom. The number of carbonyl (C=O) groups excluding carboxylic acids is 2. The summed E-state index contributed by atoms with van der Waals surface area (Å²) in [6.45, 7) is 3.19. The van der Waals surface area contributed by atoms with Gasteiger partial charge in [-0.2, -0.15) is 0 Å². The number of likely N-dealkylation sites (tertiary alicyclic amines) is 1. The fourth-order valence-corrected chi connectivity index (χ4v) is 2.71. The Labute approximate surface area is 111 Å². The van der Waals surface area contributed by atoms with E-state index in [-0.39, 0.29) is 24.4 Å². The number of nitrogens with one attached hydrogen (secondary N) is 1. The summed E-state index contributed by atoms with van der Waals surface area (Å²) in [4.78, 5) is 37.9. The lowest BCUT2D eigenvalue weighted by Gasteiger charge is -2.37. The van der Waals surface area contributed by atoms with Crippen LogP contribution in [0.3, 0.4) is 0 Å². The molecule has 0 spiro atoms. The summed E-state index contributed by atoms with van der Waals surface area (Å²) < 4.78 is 0. The maximum absolute atomic E-state index is 12.4. The van der Waals surface area contributed by atoms with E-state index in [2.05, 4.69) is 5.32 Å². The third-order valence-corrected chi connectivity index (χ3v) is 3.78. The van der Waals surface area contributed by atoms with Crippen molar-refractivity contribution in [3.8, 4) is 0 Å². The zero-order chi connectivity index (χ0) is 14.0. The van der Waals surface area contributed by atoms with Crippen LogP contribution in [-0.4, -0.2) is 64.5 Å². The van der Waals surface area contributed by atoms with Gasteiger partial charge in [-0.05, 0) is 19.8 Å². The smallest absolute Gasteiger partial charge is 0.321 e. The normalized spacial score (nSPS) is 27.3. The SMILES string of the molecule is CC1C(=O)NCCN1C(=O)N1CCCC1CC(=O)O. The first-order chi connectivity index (χ1) is 9.00. The summed E-state index contributed by atoms with van der Waals surface area (Å²) in [5.41, 5.74) is 0. The van der Waals surface area contributed by atoms with Crippen LogP contribution >= 0.6 is 0 Å². The standard InChI is InChI=1S/C12H19N3O4/c1-8-11(18)13-4-6-14(8)12(19)15-5-2-3-9(15)7-10(16)17/h8-9H,2-7H2,1H3,(H,13,18)(H,16,17). The monoisotopic (exact) mass is 269 g/mol. The molecule has 0 bridgehead atoms. The van der Waals surface area contributed by atoms with Crippen LogP contribution in [0.15, 0.2) is 0 Å². The summed E-state index contributed by atoms with van der Waals surface area (Å²) in [5, 5.41) is 11.6. The highest BCUT2D eigenvalue weighted by molar-refractivity contribution is 5.88. The lowest BCUT2D eigenvalue weighted by molar-refractivity contribution is -0.138. The van der Waals surface area contributed by atoms with Gasteiger partial charge in [-0.15, -0.1) is 0 Å². The molecule has 0 aromatic rings. The van der Waals surface area contributed by atoms with E-state index in [9.17, 15) is 14.4 Å². The summed E-state index contributed by atoms with van der Waals surface area (Å²) in [6, 6.07) is -0.958. The predicted octanol–water partition coefficient (Wildman–Crippen LogP) is -0.134. The van der Waals surface area contributed by atoms with Gasteiger partial charge in [-0.1, -0.05) is 0 Å². The Balaban J connectivity index is 2.05. The predicted molar refractivity (Wildman–Crippen MR) is 66.6 cm³/mol. The Morgan fingerprint density at radius 2 is 2.11 bits per heavy atom. The van der Waals surface area contributed by atoms with Crippen LogP contribution in [0.2, 0.25) is 0 Å². The molecular weight excluding hydrogens is 250 g/mol. The second-order valence-corrected chi connectivity index (χ2v) is 5.03. The first-order valence-electron chi connectivity index (χ1n) is 6.57. The van der Waals surface area contributed by atoms with E-state index in [1.165, 1.54) is 4.90 Å². The number of hydrogen-bond donors (Lipinski definition) is 2. The topological polar surface area (TPSA) is 90.0 Å². The number of piperazine rings is 1. The molecule has 2 heterocycles. The molecule has 2 fully saturated rings. The molecule has 2 unspecified atom stereocenters. The molecule has 2 rings (SSSR count). The molecular formula is C12H19N3O4. The number of urea groups is 1. The maximum atomic E-state index is 12.4. The van der Waals surface area contributed by atoms with Crippen molar-refractivity contribution in [2.24, 2.45) is 0 Å². The maximum Gasteiger partial charge on any atom is 0.321 e. The van der Waals surface area contributed by atoms with Gasteiger partial charge in [0.1, 0.15) is 6.04 Å². The average Bonchev–Trinajstić information content (AvgIpc) is 2.79. The van der Waals surface area contributed by atoms with Crippen LogP contribution in [0, 0.1) is 0 Å². The molecule has 7 nitrogen and oxygen atoms in total. The number of amides is 3. The van der Waals surface area contributed by atoms with Gasteiger partial charge in [0.25, 0.3) is 0 Å². The molecule has 7 heteroatoms. The fourth-order valence-electron chi connectivity index (χ4n) is 2.71. The van der Waals surface area contributed by atoms with Gasteiger partial charge in [-0.3, -0.25) is 9.59 Å². The molecule has 0 saturated carbocycles. The molecule has 2 aliphatic rings. The van der Waals surface area contributed by atoms with Crippen molar-refractivity contribution in [1.29, 1.82) is 0 Å². The zero-order valence-electron chi connectivity index (χ0n) is 11.0. The summed E-state index contributed by atoms with van der Waals surface area (Å²) >= 11 is 0. The molecule has 3 amide bonds. The van der Waals surface area contributed by atoms with Gasteiger partial charge in [0, 0.05) is 25.7 Å². The van der Waals surface area contributed by atoms with E-state index in [0.29, 0.717) is 26.1 Å². The minimum atomic E-state index is -0.894. The van der Waals surface area contributed by atoms with Crippen molar-refractivity contribution in [3.63, 3.8) is 0 Å². The van der Waals surface area contributed by atoms with Gasteiger partial charge in [-0.25, -0.2) is 4.79 Å². The number of aliphatic carboxylic acids is 1. The highest BCUT2D eigenvalue weighted by atomic mass is 16.4. The van der Waals surface area contributed by atoms with Crippen molar-refractivity contribution in [2.75, 3.05) is 19.6 Å². The first-order valence-corrected chi connectivity index (χ1v) is 6.57. The van der Waals surface area contributed by atoms with Crippen LogP contribution < -0.4 is 5.32 Å². The number of hydrogen-bond acceptors (Lipinski definition) is 3. The lowest BCUT2D eigenvalue weighted by atomic mass is 10.1. The summed E-state index contributed by atoms with van der Waals surface area (Å²) in [7, 11) is 0. The third kappa shape index (κ3) is 2.80. The molecule has 19 heavy (non-hydrogen) atoms. The highest BCUT2D eigenvalue weighted by Gasteiger charge is 2.37. The highest BCUT2D eigenvalue weighted by Crippen LogP contribution is 2.22. The van der Waals surface area contributed by atoms with E-state index in [1.807, 2.05) is 0 Å². The molecule has 2 atom stereocenters. The summed E-state index contributed by atoms with van der Waals surface area (Å²) in [6.07, 6.45) is 1.50.